The quantitative estimate of drug-likeness (QED) is 0.836. The summed E-state index contributed by atoms with van der Waals surface area (Å²) in [7, 11) is 0. The van der Waals surface area contributed by atoms with Crippen molar-refractivity contribution in [1.29, 1.82) is 0 Å². The van der Waals surface area contributed by atoms with Crippen molar-refractivity contribution < 1.29 is 9.90 Å². The lowest BCUT2D eigenvalue weighted by atomic mass is 9.99. The van der Waals surface area contributed by atoms with E-state index in [4.69, 9.17) is 5.73 Å². The SMILES string of the molecule is CCN(CC(O)c1ccc(C)cc1)C(=O)C[C@@H]1CCC[C@H]1N.Cl. The monoisotopic (exact) mass is 340 g/mol. The van der Waals surface area contributed by atoms with Gasteiger partial charge >= 0.3 is 0 Å². The third-order valence-electron chi connectivity index (χ3n) is 4.74. The van der Waals surface area contributed by atoms with E-state index in [0.717, 1.165) is 30.4 Å². The summed E-state index contributed by atoms with van der Waals surface area (Å²) in [5.41, 5.74) is 8.07. The number of nitrogens with two attached hydrogens (primary N) is 1. The third-order valence-corrected chi connectivity index (χ3v) is 4.74. The molecule has 5 heteroatoms. The van der Waals surface area contributed by atoms with Gasteiger partial charge in [-0.1, -0.05) is 36.2 Å². The number of nitrogens with zero attached hydrogens (tertiary/aromatic N) is 1. The van der Waals surface area contributed by atoms with Crippen LogP contribution in [0.1, 0.15) is 49.8 Å². The minimum absolute atomic E-state index is 0. The van der Waals surface area contributed by atoms with Crippen molar-refractivity contribution in [2.45, 2.75) is 51.7 Å². The van der Waals surface area contributed by atoms with Gasteiger partial charge in [-0.25, -0.2) is 0 Å². The number of amides is 1. The highest BCUT2D eigenvalue weighted by molar-refractivity contribution is 5.85. The Balaban J connectivity index is 0.00000264. The van der Waals surface area contributed by atoms with Crippen molar-refractivity contribution in [2.24, 2.45) is 11.7 Å². The lowest BCUT2D eigenvalue weighted by Crippen LogP contribution is -2.37. The molecule has 3 N–H and O–H groups in total. The number of aliphatic hydroxyl groups excluding tert-OH is 1. The maximum atomic E-state index is 12.5. The van der Waals surface area contributed by atoms with Crippen LogP contribution >= 0.6 is 12.4 Å². The normalized spacial score (nSPS) is 21.6. The van der Waals surface area contributed by atoms with Crippen molar-refractivity contribution in [2.75, 3.05) is 13.1 Å². The van der Waals surface area contributed by atoms with Crippen molar-refractivity contribution >= 4 is 18.3 Å². The van der Waals surface area contributed by atoms with Gasteiger partial charge in [-0.3, -0.25) is 4.79 Å². The zero-order valence-electron chi connectivity index (χ0n) is 14.1. The number of hydrogen-bond acceptors (Lipinski definition) is 3. The van der Waals surface area contributed by atoms with Crippen LogP contribution in [0.3, 0.4) is 0 Å². The number of likely N-dealkylation sites (N-methyl/N-ethyl adjacent to an activating group) is 1. The molecule has 3 atom stereocenters. The van der Waals surface area contributed by atoms with Crippen molar-refractivity contribution in [1.82, 2.24) is 4.90 Å². The summed E-state index contributed by atoms with van der Waals surface area (Å²) in [6.45, 7) is 4.93. The molecule has 0 radical (unpaired) electrons. The van der Waals surface area contributed by atoms with E-state index in [-0.39, 0.29) is 24.4 Å². The van der Waals surface area contributed by atoms with E-state index in [1.165, 1.54) is 0 Å². The number of rotatable bonds is 6. The number of aliphatic hydroxyl groups is 1. The summed E-state index contributed by atoms with van der Waals surface area (Å²) in [6.07, 6.45) is 3.07. The van der Waals surface area contributed by atoms with E-state index < -0.39 is 6.10 Å². The molecule has 0 saturated heterocycles. The van der Waals surface area contributed by atoms with Gasteiger partial charge in [-0.2, -0.15) is 0 Å². The first kappa shape index (κ1) is 19.9. The van der Waals surface area contributed by atoms with Gasteiger partial charge in [0.15, 0.2) is 0 Å². The molecule has 1 aromatic rings. The Morgan fingerprint density at radius 3 is 2.52 bits per heavy atom. The Hall–Kier alpha value is -1.10. The molecule has 130 valence electrons. The van der Waals surface area contributed by atoms with Gasteiger partial charge in [0.05, 0.1) is 12.6 Å². The first-order valence-electron chi connectivity index (χ1n) is 8.29. The minimum Gasteiger partial charge on any atom is -0.387 e. The summed E-state index contributed by atoms with van der Waals surface area (Å²) < 4.78 is 0. The number of carbonyl (C=O) groups excluding carboxylic acids is 1. The van der Waals surface area contributed by atoms with Crippen LogP contribution in [0, 0.1) is 12.8 Å². The molecule has 0 spiro atoms. The number of aryl methyl sites for hydroxylation is 1. The molecule has 4 nitrogen and oxygen atoms in total. The Morgan fingerprint density at radius 1 is 1.35 bits per heavy atom. The summed E-state index contributed by atoms with van der Waals surface area (Å²) >= 11 is 0. The van der Waals surface area contributed by atoms with E-state index in [9.17, 15) is 9.90 Å². The predicted octanol–water partition coefficient (Wildman–Crippen LogP) is 2.82. The molecular formula is C18H29ClN2O2. The van der Waals surface area contributed by atoms with Crippen molar-refractivity contribution in [3.8, 4) is 0 Å². The molecule has 23 heavy (non-hydrogen) atoms. The predicted molar refractivity (Wildman–Crippen MR) is 95.6 cm³/mol. The highest BCUT2D eigenvalue weighted by Gasteiger charge is 2.28. The molecule has 1 fully saturated rings. The van der Waals surface area contributed by atoms with Crippen LogP contribution in [0.15, 0.2) is 24.3 Å². The zero-order chi connectivity index (χ0) is 16.1. The summed E-state index contributed by atoms with van der Waals surface area (Å²) in [5, 5.41) is 10.4. The maximum Gasteiger partial charge on any atom is 0.222 e. The number of halogens is 1. The molecule has 0 aromatic heterocycles. The van der Waals surface area contributed by atoms with Crippen LogP contribution < -0.4 is 5.73 Å². The van der Waals surface area contributed by atoms with E-state index in [1.807, 2.05) is 38.1 Å². The maximum absolute atomic E-state index is 12.5. The lowest BCUT2D eigenvalue weighted by Gasteiger charge is -2.26. The van der Waals surface area contributed by atoms with Gasteiger partial charge in [0.25, 0.3) is 0 Å². The van der Waals surface area contributed by atoms with Crippen LogP contribution in [0.4, 0.5) is 0 Å². The molecule has 1 aliphatic carbocycles. The second kappa shape index (κ2) is 9.26. The van der Waals surface area contributed by atoms with Gasteiger partial charge in [0, 0.05) is 19.0 Å². The Kier molecular flexibility index (Phi) is 8.03. The zero-order valence-corrected chi connectivity index (χ0v) is 14.9. The Bertz CT molecular complexity index is 492. The first-order valence-corrected chi connectivity index (χ1v) is 8.29. The average molecular weight is 341 g/mol. The molecule has 0 bridgehead atoms. The van der Waals surface area contributed by atoms with Crippen molar-refractivity contribution in [3.63, 3.8) is 0 Å². The topological polar surface area (TPSA) is 66.6 Å². The smallest absolute Gasteiger partial charge is 0.222 e. The van der Waals surface area contributed by atoms with E-state index in [2.05, 4.69) is 0 Å². The standard InChI is InChI=1S/C18H28N2O2.ClH/c1-3-20(18(22)11-15-5-4-6-16(15)19)12-17(21)14-9-7-13(2)8-10-14;/h7-10,15-17,21H,3-6,11-12,19H2,1-2H3;1H/t15-,16+,17?;/m0./s1. The van der Waals surface area contributed by atoms with Crippen molar-refractivity contribution in [3.05, 3.63) is 35.4 Å². The van der Waals surface area contributed by atoms with Crippen LogP contribution in [0.2, 0.25) is 0 Å². The van der Waals surface area contributed by atoms with Gasteiger partial charge in [0.2, 0.25) is 5.91 Å². The molecule has 2 rings (SSSR count). The Morgan fingerprint density at radius 2 is 2.00 bits per heavy atom. The lowest BCUT2D eigenvalue weighted by molar-refractivity contribution is -0.133. The molecule has 0 heterocycles. The van der Waals surface area contributed by atoms with Gasteiger partial charge in [-0.05, 0) is 38.2 Å². The number of carbonyl (C=O) groups is 1. The molecular weight excluding hydrogens is 312 g/mol. The van der Waals surface area contributed by atoms with E-state index in [0.29, 0.717) is 25.4 Å². The van der Waals surface area contributed by atoms with Gasteiger partial charge < -0.3 is 15.7 Å². The number of hydrogen-bond donors (Lipinski definition) is 2. The Labute approximate surface area is 145 Å². The number of benzene rings is 1. The van der Waals surface area contributed by atoms with E-state index >= 15 is 0 Å². The van der Waals surface area contributed by atoms with Crippen LogP contribution in [0.5, 0.6) is 0 Å². The first-order chi connectivity index (χ1) is 10.5. The highest BCUT2D eigenvalue weighted by atomic mass is 35.5. The molecule has 1 amide bonds. The summed E-state index contributed by atoms with van der Waals surface area (Å²) in [5.74, 6) is 0.411. The van der Waals surface area contributed by atoms with E-state index in [1.54, 1.807) is 4.90 Å². The summed E-state index contributed by atoms with van der Waals surface area (Å²) in [6, 6.07) is 7.96. The van der Waals surface area contributed by atoms with Crippen LogP contribution in [-0.2, 0) is 4.79 Å². The largest absolute Gasteiger partial charge is 0.387 e. The van der Waals surface area contributed by atoms with Gasteiger partial charge in [0.1, 0.15) is 0 Å². The molecule has 1 saturated carbocycles. The average Bonchev–Trinajstić information content (AvgIpc) is 2.90. The molecule has 1 aromatic carbocycles. The highest BCUT2D eigenvalue weighted by Crippen LogP contribution is 2.27. The fraction of sp³-hybridized carbons (Fsp3) is 0.611. The molecule has 1 aliphatic rings. The minimum atomic E-state index is -0.637. The molecule has 1 unspecified atom stereocenters. The second-order valence-electron chi connectivity index (χ2n) is 6.42. The third kappa shape index (κ3) is 5.48. The summed E-state index contributed by atoms with van der Waals surface area (Å²) in [4.78, 5) is 14.2. The molecule has 0 aliphatic heterocycles. The fourth-order valence-corrected chi connectivity index (χ4v) is 3.18. The van der Waals surface area contributed by atoms with Gasteiger partial charge in [-0.15, -0.1) is 12.4 Å². The van der Waals surface area contributed by atoms with Crippen LogP contribution in [0.25, 0.3) is 0 Å². The fourth-order valence-electron chi connectivity index (χ4n) is 3.18. The van der Waals surface area contributed by atoms with Crippen LogP contribution in [-0.4, -0.2) is 35.0 Å². The second-order valence-corrected chi connectivity index (χ2v) is 6.42.